The maximum Gasteiger partial charge on any atom is 0.303 e. The van der Waals surface area contributed by atoms with Crippen LogP contribution in [0.25, 0.3) is 0 Å². The van der Waals surface area contributed by atoms with E-state index in [2.05, 4.69) is 27.7 Å². The molecule has 0 bridgehead atoms. The van der Waals surface area contributed by atoms with E-state index in [-0.39, 0.29) is 52.1 Å². The molecule has 5 aliphatic carbocycles. The first-order chi connectivity index (χ1) is 21.9. The summed E-state index contributed by atoms with van der Waals surface area (Å²) in [6, 6.07) is 0. The van der Waals surface area contributed by atoms with Gasteiger partial charge in [0.15, 0.2) is 24.8 Å². The summed E-state index contributed by atoms with van der Waals surface area (Å²) in [5.41, 5.74) is 4.90. The quantitative estimate of drug-likeness (QED) is 0.154. The lowest BCUT2D eigenvalue weighted by molar-refractivity contribution is -0.248. The van der Waals surface area contributed by atoms with Crippen LogP contribution in [0.5, 0.6) is 0 Å². The lowest BCUT2D eigenvalue weighted by Gasteiger charge is -2.63. The molecule has 1 heterocycles. The Kier molecular flexibility index (Phi) is 8.68. The first-order valence-corrected chi connectivity index (χ1v) is 17.7. The molecule has 2 spiro atoms. The number of carbonyl (C=O) groups is 3. The third-order valence-electron chi connectivity index (χ3n) is 14.6. The van der Waals surface area contributed by atoms with E-state index in [0.717, 1.165) is 44.9 Å². The van der Waals surface area contributed by atoms with Crippen molar-refractivity contribution in [1.29, 1.82) is 0 Å². The zero-order chi connectivity index (χ0) is 34.5. The van der Waals surface area contributed by atoms with Crippen LogP contribution in [0.3, 0.4) is 0 Å². The Bertz CT molecular complexity index is 1250. The number of rotatable bonds is 10. The Morgan fingerprint density at radius 1 is 1.09 bits per heavy atom. The molecule has 5 N–H and O–H groups in total. The van der Waals surface area contributed by atoms with Gasteiger partial charge < -0.3 is 49.6 Å². The first kappa shape index (κ1) is 35.4. The van der Waals surface area contributed by atoms with Crippen molar-refractivity contribution in [3.8, 4) is 0 Å². The van der Waals surface area contributed by atoms with Gasteiger partial charge in [-0.05, 0) is 111 Å². The smallest absolute Gasteiger partial charge is 0.303 e. The normalized spacial score (nSPS) is 48.3. The van der Waals surface area contributed by atoms with Gasteiger partial charge in [0.1, 0.15) is 12.9 Å². The third-order valence-corrected chi connectivity index (χ3v) is 14.6. The number of aldehydes is 2. The highest BCUT2D eigenvalue weighted by Crippen LogP contribution is 2.87. The summed E-state index contributed by atoms with van der Waals surface area (Å²) in [4.78, 5) is 34.4. The number of fused-ring (bicyclic) bond motifs is 4. The highest BCUT2D eigenvalue weighted by atomic mass is 16.7. The van der Waals surface area contributed by atoms with Gasteiger partial charge in [0.05, 0.1) is 35.6 Å². The summed E-state index contributed by atoms with van der Waals surface area (Å²) in [7, 11) is 0. The summed E-state index contributed by atoms with van der Waals surface area (Å²) in [5, 5.41) is 33.6. The second-order valence-corrected chi connectivity index (χ2v) is 17.5. The number of aliphatic hydroxyl groups excluding tert-OH is 2. The van der Waals surface area contributed by atoms with E-state index in [1.54, 1.807) is 13.8 Å². The van der Waals surface area contributed by atoms with Crippen LogP contribution in [0.1, 0.15) is 99.8 Å². The Labute approximate surface area is 278 Å². The maximum absolute atomic E-state index is 12.4. The van der Waals surface area contributed by atoms with E-state index in [1.165, 1.54) is 6.92 Å². The minimum absolute atomic E-state index is 0.00732. The second kappa shape index (κ2) is 11.5. The van der Waals surface area contributed by atoms with Crippen molar-refractivity contribution in [3.05, 3.63) is 0 Å². The topological polar surface area (TPSA) is 175 Å². The number of nitrogens with two attached hydrogens (primary N) is 1. The molecule has 47 heavy (non-hydrogen) atoms. The van der Waals surface area contributed by atoms with E-state index in [4.69, 9.17) is 24.7 Å². The summed E-state index contributed by atoms with van der Waals surface area (Å²) >= 11 is 0. The molecular formula is C36H57NO10. The van der Waals surface area contributed by atoms with Crippen LogP contribution in [0, 0.1) is 45.3 Å². The maximum atomic E-state index is 12.4. The molecule has 15 atom stereocenters. The molecule has 266 valence electrons. The molecule has 6 aliphatic rings. The average molecular weight is 664 g/mol. The van der Waals surface area contributed by atoms with Crippen LogP contribution in [0.2, 0.25) is 0 Å². The summed E-state index contributed by atoms with van der Waals surface area (Å²) in [6.45, 7) is 13.2. The minimum atomic E-state index is -1.48. The van der Waals surface area contributed by atoms with Crippen molar-refractivity contribution in [3.63, 3.8) is 0 Å². The molecule has 6 fully saturated rings. The molecule has 1 aliphatic heterocycles. The number of carbonyl (C=O) groups excluding carboxylic acids is 3. The lowest BCUT2D eigenvalue weighted by atomic mass is 9.43. The van der Waals surface area contributed by atoms with E-state index < -0.39 is 53.9 Å². The van der Waals surface area contributed by atoms with E-state index in [0.29, 0.717) is 24.9 Å². The van der Waals surface area contributed by atoms with Crippen LogP contribution < -0.4 is 5.73 Å². The fourth-order valence-electron chi connectivity index (χ4n) is 12.8. The van der Waals surface area contributed by atoms with Gasteiger partial charge in [0.2, 0.25) is 0 Å². The fourth-order valence-corrected chi connectivity index (χ4v) is 12.8. The highest BCUT2D eigenvalue weighted by molar-refractivity contribution is 5.66. The van der Waals surface area contributed by atoms with Gasteiger partial charge in [-0.1, -0.05) is 27.7 Å². The SMILES string of the molecule is CC(=O)O[C@@H](C1C[C@@H](C)[C@H]2C(O1)[C@H](O)[C@@]1(N)C3CC[C@H]4C(C)(C)[C@@H](OC(OCC=O)[C@H](O)C=O)CCC45CC35CCC21C)C(C)(C)O. The molecular weight excluding hydrogens is 606 g/mol. The molecule has 1 saturated heterocycles. The van der Waals surface area contributed by atoms with Crippen LogP contribution in [-0.4, -0.2) is 94.5 Å². The van der Waals surface area contributed by atoms with E-state index >= 15 is 0 Å². The van der Waals surface area contributed by atoms with Gasteiger partial charge in [-0.25, -0.2) is 0 Å². The van der Waals surface area contributed by atoms with Crippen molar-refractivity contribution >= 4 is 18.5 Å². The molecule has 0 aromatic carbocycles. The number of hydrogen-bond acceptors (Lipinski definition) is 11. The van der Waals surface area contributed by atoms with Crippen LogP contribution in [0.15, 0.2) is 0 Å². The van der Waals surface area contributed by atoms with Crippen LogP contribution in [-0.2, 0) is 33.3 Å². The molecule has 11 heteroatoms. The molecule has 0 aromatic rings. The summed E-state index contributed by atoms with van der Waals surface area (Å²) in [6.07, 6.45) is 2.10. The number of esters is 1. The van der Waals surface area contributed by atoms with Crippen molar-refractivity contribution < 1.29 is 48.7 Å². The largest absolute Gasteiger partial charge is 0.457 e. The molecule has 0 radical (unpaired) electrons. The zero-order valence-electron chi connectivity index (χ0n) is 29.1. The molecule has 7 unspecified atom stereocenters. The van der Waals surface area contributed by atoms with E-state index in [9.17, 15) is 29.7 Å². The highest BCUT2D eigenvalue weighted by Gasteiger charge is 2.85. The molecule has 0 aromatic heterocycles. The lowest BCUT2D eigenvalue weighted by Crippen LogP contribution is -2.70. The second-order valence-electron chi connectivity index (χ2n) is 17.5. The Morgan fingerprint density at radius 2 is 1.74 bits per heavy atom. The van der Waals surface area contributed by atoms with Gasteiger partial charge >= 0.3 is 5.97 Å². The van der Waals surface area contributed by atoms with Gasteiger partial charge in [0, 0.05) is 6.92 Å². The van der Waals surface area contributed by atoms with Crippen LogP contribution >= 0.6 is 0 Å². The van der Waals surface area contributed by atoms with Crippen molar-refractivity contribution in [2.75, 3.05) is 6.61 Å². The Hall–Kier alpha value is -1.47. The standard InChI is InChI=1S/C36H57NO10/c1-19-16-22(29(32(5,6)43)45-20(2)40)46-27-26(19)33(7)12-13-35-18-34(35)11-10-25(47-30(21(41)17-39)44-15-14-38)31(3,4)23(34)8-9-24(35)36(33,37)28(27)42/h14,17,19,21-30,41-43H,8-13,15-16,18,37H2,1-7H3/t19-,21-,22?,23+,24?,25+,26+,27?,28+,29+,30?,33?,34?,35?,36+/m1/s1. The minimum Gasteiger partial charge on any atom is -0.457 e. The molecule has 5 saturated carbocycles. The Morgan fingerprint density at radius 3 is 2.36 bits per heavy atom. The Balaban J connectivity index is 1.27. The summed E-state index contributed by atoms with van der Waals surface area (Å²) < 4.78 is 24.1. The van der Waals surface area contributed by atoms with Gasteiger partial charge in [-0.15, -0.1) is 0 Å². The van der Waals surface area contributed by atoms with Crippen molar-refractivity contribution in [2.24, 2.45) is 51.1 Å². The van der Waals surface area contributed by atoms with E-state index in [1.807, 2.05) is 0 Å². The predicted octanol–water partition coefficient (Wildman–Crippen LogP) is 2.68. The van der Waals surface area contributed by atoms with Crippen molar-refractivity contribution in [1.82, 2.24) is 0 Å². The average Bonchev–Trinajstić information content (AvgIpc) is 3.62. The predicted molar refractivity (Wildman–Crippen MR) is 170 cm³/mol. The number of hydrogen-bond donors (Lipinski definition) is 4. The van der Waals surface area contributed by atoms with Crippen molar-refractivity contribution in [2.45, 2.75) is 154 Å². The summed E-state index contributed by atoms with van der Waals surface area (Å²) in [5.74, 6) is 0.0897. The molecule has 6 rings (SSSR count). The molecule has 0 amide bonds. The van der Waals surface area contributed by atoms with Gasteiger partial charge in [-0.2, -0.15) is 0 Å². The van der Waals surface area contributed by atoms with Crippen LogP contribution in [0.4, 0.5) is 0 Å². The zero-order valence-corrected chi connectivity index (χ0v) is 29.1. The first-order valence-electron chi connectivity index (χ1n) is 17.7. The number of aliphatic hydroxyl groups is 3. The van der Waals surface area contributed by atoms with Gasteiger partial charge in [0.25, 0.3) is 0 Å². The molecule has 11 nitrogen and oxygen atoms in total. The monoisotopic (exact) mass is 663 g/mol. The third kappa shape index (κ3) is 4.88. The number of ether oxygens (including phenoxy) is 4. The fraction of sp³-hybridized carbons (Fsp3) is 0.917. The van der Waals surface area contributed by atoms with Gasteiger partial charge in [-0.3, -0.25) is 4.79 Å².